The Hall–Kier alpha value is -1.92. The molecular formula is C16H20F3NO3. The van der Waals surface area contributed by atoms with Crippen molar-refractivity contribution in [2.45, 2.75) is 57.8 Å². The second kappa shape index (κ2) is 6.68. The standard InChI is InChI=1S/C16H20F3NO3/c1-16(2,3)20-15(21)23-11-6-10(7-11)22-9-4-5-13(17)12(8-9)14(18)19/h4-5,8,10-11,14H,6-7H2,1-3H3,(H,20,21). The molecule has 0 radical (unpaired) electrons. The number of hydrogen-bond acceptors (Lipinski definition) is 3. The fourth-order valence-electron chi connectivity index (χ4n) is 2.15. The van der Waals surface area contributed by atoms with Crippen molar-refractivity contribution in [2.75, 3.05) is 0 Å². The number of nitrogens with one attached hydrogen (secondary N) is 1. The minimum Gasteiger partial charge on any atom is -0.490 e. The Morgan fingerprint density at radius 1 is 1.26 bits per heavy atom. The van der Waals surface area contributed by atoms with Gasteiger partial charge in [-0.1, -0.05) is 0 Å². The summed E-state index contributed by atoms with van der Waals surface area (Å²) in [6.45, 7) is 5.53. The molecule has 1 aromatic rings. The molecule has 0 spiro atoms. The Morgan fingerprint density at radius 2 is 1.91 bits per heavy atom. The molecule has 0 heterocycles. The van der Waals surface area contributed by atoms with E-state index in [0.717, 1.165) is 12.1 Å². The Kier molecular flexibility index (Phi) is 5.06. The second-order valence-electron chi connectivity index (χ2n) is 6.60. The maximum Gasteiger partial charge on any atom is 0.407 e. The average Bonchev–Trinajstić information content (AvgIpc) is 2.35. The van der Waals surface area contributed by atoms with E-state index in [1.54, 1.807) is 0 Å². The van der Waals surface area contributed by atoms with Crippen LogP contribution in [-0.4, -0.2) is 23.8 Å². The van der Waals surface area contributed by atoms with E-state index in [4.69, 9.17) is 9.47 Å². The first-order valence-corrected chi connectivity index (χ1v) is 7.37. The van der Waals surface area contributed by atoms with Crippen molar-refractivity contribution in [2.24, 2.45) is 0 Å². The lowest BCUT2D eigenvalue weighted by molar-refractivity contribution is -0.0245. The van der Waals surface area contributed by atoms with Crippen molar-refractivity contribution < 1.29 is 27.4 Å². The summed E-state index contributed by atoms with van der Waals surface area (Å²) >= 11 is 0. The van der Waals surface area contributed by atoms with Gasteiger partial charge in [-0.05, 0) is 39.0 Å². The van der Waals surface area contributed by atoms with Crippen molar-refractivity contribution in [1.29, 1.82) is 0 Å². The molecule has 0 unspecified atom stereocenters. The predicted octanol–water partition coefficient (Wildman–Crippen LogP) is 4.20. The van der Waals surface area contributed by atoms with E-state index in [-0.39, 0.29) is 23.5 Å². The fourth-order valence-corrected chi connectivity index (χ4v) is 2.15. The van der Waals surface area contributed by atoms with Gasteiger partial charge in [0.1, 0.15) is 23.8 Å². The third kappa shape index (κ3) is 5.04. The highest BCUT2D eigenvalue weighted by Gasteiger charge is 2.34. The summed E-state index contributed by atoms with van der Waals surface area (Å²) < 4.78 is 49.1. The molecule has 1 fully saturated rings. The minimum absolute atomic E-state index is 0.185. The van der Waals surface area contributed by atoms with Crippen molar-refractivity contribution in [3.63, 3.8) is 0 Å². The van der Waals surface area contributed by atoms with Crippen LogP contribution < -0.4 is 10.1 Å². The monoisotopic (exact) mass is 331 g/mol. The van der Waals surface area contributed by atoms with Crippen LogP contribution in [0.5, 0.6) is 5.75 Å². The van der Waals surface area contributed by atoms with Gasteiger partial charge in [0.2, 0.25) is 0 Å². The summed E-state index contributed by atoms with van der Waals surface area (Å²) in [7, 11) is 0. The first-order valence-electron chi connectivity index (χ1n) is 7.37. The van der Waals surface area contributed by atoms with Gasteiger partial charge in [-0.25, -0.2) is 18.0 Å². The molecule has 1 aromatic carbocycles. The van der Waals surface area contributed by atoms with E-state index >= 15 is 0 Å². The van der Waals surface area contributed by atoms with Gasteiger partial charge in [0, 0.05) is 18.4 Å². The summed E-state index contributed by atoms with van der Waals surface area (Å²) in [5, 5.41) is 2.68. The third-order valence-corrected chi connectivity index (χ3v) is 3.31. The summed E-state index contributed by atoms with van der Waals surface area (Å²) in [5.74, 6) is -0.773. The smallest absolute Gasteiger partial charge is 0.407 e. The van der Waals surface area contributed by atoms with E-state index in [1.807, 2.05) is 20.8 Å². The highest BCUT2D eigenvalue weighted by Crippen LogP contribution is 2.31. The molecule has 0 aromatic heterocycles. The summed E-state index contributed by atoms with van der Waals surface area (Å²) in [5.41, 5.74) is -1.06. The number of alkyl halides is 2. The van der Waals surface area contributed by atoms with Crippen LogP contribution in [0.1, 0.15) is 45.6 Å². The predicted molar refractivity (Wildman–Crippen MR) is 78.2 cm³/mol. The van der Waals surface area contributed by atoms with Crippen LogP contribution >= 0.6 is 0 Å². The molecule has 0 saturated heterocycles. The van der Waals surface area contributed by atoms with Crippen LogP contribution in [0.25, 0.3) is 0 Å². The number of halogens is 3. The van der Waals surface area contributed by atoms with Gasteiger partial charge in [0.25, 0.3) is 6.43 Å². The fraction of sp³-hybridized carbons (Fsp3) is 0.562. The second-order valence-corrected chi connectivity index (χ2v) is 6.60. The van der Waals surface area contributed by atoms with Crippen LogP contribution in [0.15, 0.2) is 18.2 Å². The van der Waals surface area contributed by atoms with Crippen LogP contribution in [-0.2, 0) is 4.74 Å². The number of carbonyl (C=O) groups excluding carboxylic acids is 1. The lowest BCUT2D eigenvalue weighted by atomic mass is 9.92. The molecule has 1 saturated carbocycles. The lowest BCUT2D eigenvalue weighted by Crippen LogP contribution is -2.46. The first-order chi connectivity index (χ1) is 10.6. The Morgan fingerprint density at radius 3 is 2.48 bits per heavy atom. The van der Waals surface area contributed by atoms with Gasteiger partial charge in [-0.3, -0.25) is 0 Å². The Balaban J connectivity index is 1.80. The van der Waals surface area contributed by atoms with Gasteiger partial charge >= 0.3 is 6.09 Å². The van der Waals surface area contributed by atoms with E-state index in [2.05, 4.69) is 5.32 Å². The molecule has 0 aliphatic heterocycles. The quantitative estimate of drug-likeness (QED) is 0.899. The zero-order valence-electron chi connectivity index (χ0n) is 13.2. The number of carbonyl (C=O) groups is 1. The van der Waals surface area contributed by atoms with Crippen LogP contribution in [0.4, 0.5) is 18.0 Å². The summed E-state index contributed by atoms with van der Waals surface area (Å²) in [6, 6.07) is 3.27. The number of amides is 1. The lowest BCUT2D eigenvalue weighted by Gasteiger charge is -2.35. The Labute approximate surface area is 133 Å². The van der Waals surface area contributed by atoms with Crippen molar-refractivity contribution >= 4 is 6.09 Å². The molecule has 7 heteroatoms. The SMILES string of the molecule is CC(C)(C)NC(=O)OC1CC(Oc2ccc(F)c(C(F)F)c2)C1. The zero-order chi connectivity index (χ0) is 17.2. The summed E-state index contributed by atoms with van der Waals surface area (Å²) in [4.78, 5) is 11.6. The topological polar surface area (TPSA) is 47.6 Å². The van der Waals surface area contributed by atoms with E-state index < -0.39 is 23.9 Å². The molecule has 0 atom stereocenters. The van der Waals surface area contributed by atoms with Gasteiger partial charge in [-0.2, -0.15) is 0 Å². The van der Waals surface area contributed by atoms with E-state index in [9.17, 15) is 18.0 Å². The third-order valence-electron chi connectivity index (χ3n) is 3.31. The van der Waals surface area contributed by atoms with E-state index in [1.165, 1.54) is 6.07 Å². The molecule has 1 N–H and O–H groups in total. The van der Waals surface area contributed by atoms with Crippen LogP contribution in [0.3, 0.4) is 0 Å². The highest BCUT2D eigenvalue weighted by atomic mass is 19.3. The highest BCUT2D eigenvalue weighted by molar-refractivity contribution is 5.68. The zero-order valence-corrected chi connectivity index (χ0v) is 13.2. The molecule has 4 nitrogen and oxygen atoms in total. The van der Waals surface area contributed by atoms with Gasteiger partial charge in [-0.15, -0.1) is 0 Å². The maximum absolute atomic E-state index is 13.2. The van der Waals surface area contributed by atoms with Crippen LogP contribution in [0.2, 0.25) is 0 Å². The number of ether oxygens (including phenoxy) is 2. The van der Waals surface area contributed by atoms with Crippen molar-refractivity contribution in [1.82, 2.24) is 5.32 Å². The van der Waals surface area contributed by atoms with Crippen molar-refractivity contribution in [3.05, 3.63) is 29.6 Å². The molecule has 23 heavy (non-hydrogen) atoms. The largest absolute Gasteiger partial charge is 0.490 e. The number of benzene rings is 1. The molecule has 1 amide bonds. The molecule has 0 bridgehead atoms. The normalized spacial score (nSPS) is 20.8. The first kappa shape index (κ1) is 17.4. The van der Waals surface area contributed by atoms with Crippen molar-refractivity contribution in [3.8, 4) is 5.75 Å². The summed E-state index contributed by atoms with van der Waals surface area (Å²) in [6.07, 6.45) is -2.95. The number of hydrogen-bond donors (Lipinski definition) is 1. The molecule has 2 rings (SSSR count). The average molecular weight is 331 g/mol. The molecule has 128 valence electrons. The minimum atomic E-state index is -2.89. The van der Waals surface area contributed by atoms with Gasteiger partial charge in [0.15, 0.2) is 0 Å². The van der Waals surface area contributed by atoms with Gasteiger partial charge < -0.3 is 14.8 Å². The Bertz CT molecular complexity index is 566. The molecule has 1 aliphatic carbocycles. The molecule has 1 aliphatic rings. The maximum atomic E-state index is 13.2. The van der Waals surface area contributed by atoms with Crippen LogP contribution in [0, 0.1) is 5.82 Å². The number of rotatable bonds is 4. The van der Waals surface area contributed by atoms with E-state index in [0.29, 0.717) is 12.8 Å². The number of alkyl carbamates (subject to hydrolysis) is 1. The van der Waals surface area contributed by atoms with Gasteiger partial charge in [0.05, 0.1) is 5.56 Å². The molecular weight excluding hydrogens is 311 g/mol.